The van der Waals surface area contributed by atoms with Crippen LogP contribution >= 0.6 is 0 Å². The molecule has 3 N–H and O–H groups in total. The molecule has 1 fully saturated rings. The molecular weight excluding hydrogens is 411 g/mol. The summed E-state index contributed by atoms with van der Waals surface area (Å²) in [4.78, 5) is 4.09. The predicted molar refractivity (Wildman–Crippen MR) is 116 cm³/mol. The van der Waals surface area contributed by atoms with Crippen LogP contribution in [0.5, 0.6) is 5.75 Å². The van der Waals surface area contributed by atoms with Crippen molar-refractivity contribution in [3.63, 3.8) is 0 Å². The molecule has 1 aliphatic rings. The van der Waals surface area contributed by atoms with E-state index in [2.05, 4.69) is 20.3 Å². The molecule has 1 heterocycles. The molecular formula is C20H33FN4O4S. The Kier molecular flexibility index (Phi) is 10.3. The number of hydrogen-bond donors (Lipinski definition) is 3. The summed E-state index contributed by atoms with van der Waals surface area (Å²) in [6.45, 7) is 3.54. The van der Waals surface area contributed by atoms with E-state index in [9.17, 15) is 12.8 Å². The molecule has 0 radical (unpaired) electrons. The van der Waals surface area contributed by atoms with Crippen LogP contribution in [-0.2, 0) is 14.8 Å². The molecule has 1 aliphatic heterocycles. The monoisotopic (exact) mass is 444 g/mol. The number of benzene rings is 1. The quantitative estimate of drug-likeness (QED) is 0.354. The second-order valence-electron chi connectivity index (χ2n) is 7.11. The lowest BCUT2D eigenvalue weighted by atomic mass is 10.1. The van der Waals surface area contributed by atoms with Crippen molar-refractivity contribution >= 4 is 16.0 Å². The summed E-state index contributed by atoms with van der Waals surface area (Å²) in [5.41, 5.74) is 0. The van der Waals surface area contributed by atoms with Gasteiger partial charge in [0, 0.05) is 26.7 Å². The van der Waals surface area contributed by atoms with E-state index in [4.69, 9.17) is 9.47 Å². The molecule has 0 saturated carbocycles. The summed E-state index contributed by atoms with van der Waals surface area (Å²) in [6.07, 6.45) is 3.33. The minimum atomic E-state index is -3.41. The van der Waals surface area contributed by atoms with Crippen LogP contribution in [0.4, 0.5) is 4.39 Å². The third-order valence-electron chi connectivity index (χ3n) is 4.77. The number of para-hydroxylation sites is 1. The lowest BCUT2D eigenvalue weighted by Crippen LogP contribution is -2.45. The predicted octanol–water partition coefficient (Wildman–Crippen LogP) is 1.64. The fourth-order valence-electron chi connectivity index (χ4n) is 2.98. The number of hydrogen-bond acceptors (Lipinski definition) is 5. The van der Waals surface area contributed by atoms with Gasteiger partial charge in [0.25, 0.3) is 0 Å². The molecule has 1 aromatic carbocycles. The van der Waals surface area contributed by atoms with Crippen LogP contribution in [0, 0.1) is 5.82 Å². The number of nitrogens with one attached hydrogen (secondary N) is 3. The number of aliphatic imine (C=N–C) groups is 1. The minimum absolute atomic E-state index is 0.0451. The topological polar surface area (TPSA) is 101 Å². The van der Waals surface area contributed by atoms with Crippen molar-refractivity contribution in [3.05, 3.63) is 30.1 Å². The van der Waals surface area contributed by atoms with E-state index < -0.39 is 15.8 Å². The van der Waals surface area contributed by atoms with Crippen LogP contribution in [0.1, 0.15) is 32.6 Å². The summed E-state index contributed by atoms with van der Waals surface area (Å²) in [5, 5.41) is 6.06. The van der Waals surface area contributed by atoms with Gasteiger partial charge in [0.15, 0.2) is 17.5 Å². The van der Waals surface area contributed by atoms with E-state index in [1.54, 1.807) is 25.2 Å². The van der Waals surface area contributed by atoms with Crippen LogP contribution in [-0.4, -0.2) is 65.6 Å². The van der Waals surface area contributed by atoms with Crippen LogP contribution < -0.4 is 20.1 Å². The first-order valence-electron chi connectivity index (χ1n) is 10.4. The van der Waals surface area contributed by atoms with Gasteiger partial charge in [-0.25, -0.2) is 17.5 Å². The second-order valence-corrected chi connectivity index (χ2v) is 9.04. The molecule has 30 heavy (non-hydrogen) atoms. The molecule has 0 aliphatic carbocycles. The lowest BCUT2D eigenvalue weighted by Gasteiger charge is -2.22. The molecule has 2 atom stereocenters. The standard InChI is InChI=1S/C20H33FN4O4S/c1-3-16(29-19-10-5-4-9-18(19)21)14-24-20(22-2)23-11-13-30(26,27)25-15-17-8-6-7-12-28-17/h4-5,9-10,16-17,25H,3,6-8,11-15H2,1-2H3,(H2,22,23,24). The molecule has 0 aromatic heterocycles. The summed E-state index contributed by atoms with van der Waals surface area (Å²) < 4.78 is 51.9. The van der Waals surface area contributed by atoms with Crippen LogP contribution in [0.2, 0.25) is 0 Å². The van der Waals surface area contributed by atoms with Gasteiger partial charge in [0.05, 0.1) is 18.4 Å². The fraction of sp³-hybridized carbons (Fsp3) is 0.650. The summed E-state index contributed by atoms with van der Waals surface area (Å²) >= 11 is 0. The maximum atomic E-state index is 13.8. The van der Waals surface area contributed by atoms with Crippen molar-refractivity contribution in [1.82, 2.24) is 15.4 Å². The number of guanidine groups is 1. The molecule has 2 unspecified atom stereocenters. The van der Waals surface area contributed by atoms with Crippen LogP contribution in [0.25, 0.3) is 0 Å². The molecule has 0 amide bonds. The first kappa shape index (κ1) is 24.4. The Morgan fingerprint density at radius 3 is 2.80 bits per heavy atom. The van der Waals surface area contributed by atoms with E-state index in [1.807, 2.05) is 6.92 Å². The van der Waals surface area contributed by atoms with Gasteiger partial charge in [-0.15, -0.1) is 0 Å². The van der Waals surface area contributed by atoms with E-state index in [1.165, 1.54) is 6.07 Å². The van der Waals surface area contributed by atoms with Crippen molar-refractivity contribution in [2.24, 2.45) is 4.99 Å². The average molecular weight is 445 g/mol. The molecule has 10 heteroatoms. The number of halogens is 1. The van der Waals surface area contributed by atoms with E-state index in [0.29, 0.717) is 32.1 Å². The van der Waals surface area contributed by atoms with Crippen molar-refractivity contribution in [2.45, 2.75) is 44.8 Å². The average Bonchev–Trinajstić information content (AvgIpc) is 2.75. The molecule has 8 nitrogen and oxygen atoms in total. The van der Waals surface area contributed by atoms with Crippen molar-refractivity contribution in [2.75, 3.05) is 39.0 Å². The Morgan fingerprint density at radius 2 is 2.13 bits per heavy atom. The molecule has 2 rings (SSSR count). The number of rotatable bonds is 11. The van der Waals surface area contributed by atoms with E-state index in [-0.39, 0.29) is 30.3 Å². The summed E-state index contributed by atoms with van der Waals surface area (Å²) in [6, 6.07) is 6.26. The molecule has 170 valence electrons. The van der Waals surface area contributed by atoms with Crippen LogP contribution in [0.15, 0.2) is 29.3 Å². The van der Waals surface area contributed by atoms with Gasteiger partial charge in [0.1, 0.15) is 6.10 Å². The van der Waals surface area contributed by atoms with Crippen molar-refractivity contribution < 1.29 is 22.3 Å². The maximum absolute atomic E-state index is 13.8. The highest BCUT2D eigenvalue weighted by molar-refractivity contribution is 7.89. The van der Waals surface area contributed by atoms with E-state index in [0.717, 1.165) is 19.3 Å². The SMILES string of the molecule is CCC(CNC(=NC)NCCS(=O)(=O)NCC1CCCCO1)Oc1ccccc1F. The normalized spacial score (nSPS) is 18.6. The van der Waals surface area contributed by atoms with Gasteiger partial charge in [-0.1, -0.05) is 19.1 Å². The largest absolute Gasteiger partial charge is 0.486 e. The van der Waals surface area contributed by atoms with Gasteiger partial charge < -0.3 is 20.1 Å². The highest BCUT2D eigenvalue weighted by Crippen LogP contribution is 2.17. The van der Waals surface area contributed by atoms with Crippen molar-refractivity contribution in [3.8, 4) is 5.75 Å². The highest BCUT2D eigenvalue weighted by atomic mass is 32.2. The third kappa shape index (κ3) is 8.85. The van der Waals surface area contributed by atoms with Crippen molar-refractivity contribution in [1.29, 1.82) is 0 Å². The third-order valence-corrected chi connectivity index (χ3v) is 6.12. The Balaban J connectivity index is 1.70. The van der Waals surface area contributed by atoms with Gasteiger partial charge in [0.2, 0.25) is 10.0 Å². The first-order chi connectivity index (χ1) is 14.4. The van der Waals surface area contributed by atoms with Gasteiger partial charge in [-0.3, -0.25) is 4.99 Å². The Labute approximate surface area is 178 Å². The first-order valence-corrected chi connectivity index (χ1v) is 12.0. The Bertz CT molecular complexity index is 770. The molecule has 0 bridgehead atoms. The second kappa shape index (κ2) is 12.7. The number of sulfonamides is 1. The summed E-state index contributed by atoms with van der Waals surface area (Å²) in [7, 11) is -1.81. The fourth-order valence-corrected chi connectivity index (χ4v) is 3.94. The highest BCUT2D eigenvalue weighted by Gasteiger charge is 2.18. The smallest absolute Gasteiger partial charge is 0.213 e. The Hall–Kier alpha value is -1.91. The summed E-state index contributed by atoms with van der Waals surface area (Å²) in [5.74, 6) is 0.169. The van der Waals surface area contributed by atoms with E-state index >= 15 is 0 Å². The molecule has 0 spiro atoms. The van der Waals surface area contributed by atoms with Gasteiger partial charge in [-0.05, 0) is 37.8 Å². The van der Waals surface area contributed by atoms with Gasteiger partial charge in [-0.2, -0.15) is 0 Å². The number of ether oxygens (including phenoxy) is 2. The Morgan fingerprint density at radius 1 is 1.33 bits per heavy atom. The number of nitrogens with zero attached hydrogens (tertiary/aromatic N) is 1. The van der Waals surface area contributed by atoms with Gasteiger partial charge >= 0.3 is 0 Å². The molecule has 1 aromatic rings. The zero-order chi connectivity index (χ0) is 21.8. The minimum Gasteiger partial charge on any atom is -0.486 e. The lowest BCUT2D eigenvalue weighted by molar-refractivity contribution is 0.0200. The van der Waals surface area contributed by atoms with Crippen LogP contribution in [0.3, 0.4) is 0 Å². The zero-order valence-electron chi connectivity index (χ0n) is 17.7. The zero-order valence-corrected chi connectivity index (χ0v) is 18.5. The maximum Gasteiger partial charge on any atom is 0.213 e. The molecule has 1 saturated heterocycles.